The second kappa shape index (κ2) is 39.2. The number of nitrogens with zero attached hydrogens (tertiary/aromatic N) is 4. The van der Waals surface area contributed by atoms with Crippen molar-refractivity contribution in [2.45, 2.75) is 136 Å². The average Bonchev–Trinajstić information content (AvgIpc) is 1.61. The molecular formula is C73H90Br2N6O25P2. The van der Waals surface area contributed by atoms with Gasteiger partial charge in [0.2, 0.25) is 59.1 Å². The number of unbranched alkanes of at least 4 members (excludes halogenated alkanes) is 2. The fourth-order valence-electron chi connectivity index (χ4n) is 14.0. The lowest BCUT2D eigenvalue weighted by atomic mass is 9.80. The molecule has 8 N–H and O–H groups in total. The maximum absolute atomic E-state index is 14.9. The molecule has 108 heavy (non-hydrogen) atoms. The van der Waals surface area contributed by atoms with Crippen LogP contribution in [0.15, 0.2) is 106 Å². The van der Waals surface area contributed by atoms with Crippen molar-refractivity contribution in [1.82, 2.24) is 10.6 Å². The number of imide groups is 4. The Kier molecular flexibility index (Phi) is 31.2. The van der Waals surface area contributed by atoms with Gasteiger partial charge in [-0.2, -0.15) is 0 Å². The van der Waals surface area contributed by atoms with Crippen LogP contribution in [0.5, 0.6) is 11.5 Å². The summed E-state index contributed by atoms with van der Waals surface area (Å²) >= 11 is 6.81. The predicted octanol–water partition coefficient (Wildman–Crippen LogP) is 7.71. The first-order chi connectivity index (χ1) is 51.2. The number of phenolic OH excluding ortho intramolecular Hbond substituents is 1. The van der Waals surface area contributed by atoms with Crippen LogP contribution < -0.4 is 35.0 Å². The number of nitrogens with one attached hydrogen (secondary N) is 2. The summed E-state index contributed by atoms with van der Waals surface area (Å²) in [7, 11) is -9.31. The summed E-state index contributed by atoms with van der Waals surface area (Å²) in [6, 6.07) is 23.6. The van der Waals surface area contributed by atoms with Gasteiger partial charge in [0.15, 0.2) is 0 Å². The number of carboxylic acid groups (broad SMARTS) is 1. The molecule has 8 rings (SSSR count). The number of carboxylic acids is 1. The quantitative estimate of drug-likeness (QED) is 0.00692. The Balaban J connectivity index is 0.880. The third kappa shape index (κ3) is 22.7. The Bertz CT molecular complexity index is 4010. The maximum Gasteiger partial charge on any atom is 0.327 e. The molecule has 586 valence electrons. The zero-order valence-corrected chi connectivity index (χ0v) is 64.9. The number of carbonyl (C=O) groups is 12. The third-order valence-electron chi connectivity index (χ3n) is 19.5. The molecule has 0 aromatic heterocycles. The Hall–Kier alpha value is -7.78. The molecule has 4 fully saturated rings. The number of carbonyl (C=O) groups excluding carboxylic acids is 11. The number of phenols is 1. The minimum Gasteiger partial charge on any atom is -0.508 e. The highest BCUT2D eigenvalue weighted by molar-refractivity contribution is 9.10. The van der Waals surface area contributed by atoms with Crippen molar-refractivity contribution in [1.29, 1.82) is 0 Å². The summed E-state index contributed by atoms with van der Waals surface area (Å²) in [6.07, 6.45) is -4.89. The van der Waals surface area contributed by atoms with Crippen LogP contribution >= 0.6 is 47.1 Å². The molecule has 0 radical (unpaired) electrons. The molecule has 31 nitrogen and oxygen atoms in total. The van der Waals surface area contributed by atoms with Gasteiger partial charge in [-0.1, -0.05) is 52.6 Å². The second-order valence-corrected chi connectivity index (χ2v) is 32.4. The first-order valence-corrected chi connectivity index (χ1v) is 40.8. The Morgan fingerprint density at radius 2 is 0.824 bits per heavy atom. The van der Waals surface area contributed by atoms with Gasteiger partial charge in [-0.05, 0) is 162 Å². The van der Waals surface area contributed by atoms with Crippen molar-refractivity contribution in [2.75, 3.05) is 71.4 Å². The zero-order valence-electron chi connectivity index (χ0n) is 59.9. The molecule has 4 saturated heterocycles. The van der Waals surface area contributed by atoms with Gasteiger partial charge in [-0.15, -0.1) is 0 Å². The van der Waals surface area contributed by atoms with Gasteiger partial charge in [0, 0.05) is 60.9 Å². The van der Waals surface area contributed by atoms with E-state index in [0.717, 1.165) is 19.6 Å². The molecule has 12 unspecified atom stereocenters. The highest BCUT2D eigenvalue weighted by atomic mass is 79.9. The summed E-state index contributed by atoms with van der Waals surface area (Å²) in [5.41, 5.74) is 0.687. The van der Waals surface area contributed by atoms with Gasteiger partial charge < -0.3 is 64.1 Å². The Morgan fingerprint density at radius 3 is 1.26 bits per heavy atom. The first kappa shape index (κ1) is 85.8. The first-order valence-electron chi connectivity index (χ1n) is 35.6. The molecule has 4 aromatic rings. The van der Waals surface area contributed by atoms with E-state index in [1.165, 1.54) is 62.4 Å². The molecule has 4 aromatic carbocycles. The molecule has 4 aliphatic heterocycles. The number of rotatable bonds is 42. The molecule has 0 bridgehead atoms. The molecule has 12 atom stereocenters. The average molecular weight is 1670 g/mol. The van der Waals surface area contributed by atoms with E-state index in [1.807, 2.05) is 0 Å². The normalized spacial score (nSPS) is 21.6. The van der Waals surface area contributed by atoms with Crippen LogP contribution in [0.2, 0.25) is 0 Å². The summed E-state index contributed by atoms with van der Waals surface area (Å²) < 4.78 is 55.4. The van der Waals surface area contributed by atoms with Crippen molar-refractivity contribution >= 4 is 141 Å². The maximum atomic E-state index is 14.9. The number of hydrogen-bond acceptors (Lipinski definition) is 20. The second-order valence-electron chi connectivity index (χ2n) is 27.1. The van der Waals surface area contributed by atoms with E-state index in [1.54, 1.807) is 62.4 Å². The summed E-state index contributed by atoms with van der Waals surface area (Å²) in [6.45, 7) is 5.37. The highest BCUT2D eigenvalue weighted by Crippen LogP contribution is 2.46. The Labute approximate surface area is 640 Å². The SMILES string of the molecule is CCC(OCCCNC(=O)CCCCC(=O)O)C1C(=O)N(c2ccc(Br)cc2)C(=O)C1CC(OCCCNC(=O)CCCCC(=O)Oc1ccc(N2C(=O)C(CC(OCCP(=O)(O)O)C3C(=O)N(c4ccc(O)cc4)C(=O)C3C)C(C(C)OCCP(=O)(O)O)C2=O)cc1)C1C(=O)N(c2ccc(Br)cc2)C(=O)C1C. The van der Waals surface area contributed by atoms with Crippen LogP contribution in [0.4, 0.5) is 22.7 Å². The topological polar surface area (TPSA) is 444 Å². The molecule has 10 amide bonds. The Morgan fingerprint density at radius 1 is 0.463 bits per heavy atom. The van der Waals surface area contributed by atoms with Crippen molar-refractivity contribution in [3.05, 3.63) is 106 Å². The molecule has 35 heteroatoms. The largest absolute Gasteiger partial charge is 0.508 e. The lowest BCUT2D eigenvalue weighted by Crippen LogP contribution is -2.40. The number of hydrogen-bond donors (Lipinski definition) is 8. The van der Waals surface area contributed by atoms with Crippen molar-refractivity contribution in [3.63, 3.8) is 0 Å². The number of benzene rings is 4. The van der Waals surface area contributed by atoms with E-state index >= 15 is 0 Å². The minimum atomic E-state index is -4.70. The number of esters is 1. The lowest BCUT2D eigenvalue weighted by Gasteiger charge is -2.30. The molecule has 0 aliphatic carbocycles. The molecule has 4 aliphatic rings. The van der Waals surface area contributed by atoms with Crippen LogP contribution in [0.25, 0.3) is 0 Å². The van der Waals surface area contributed by atoms with Gasteiger partial charge >= 0.3 is 27.1 Å². The van der Waals surface area contributed by atoms with E-state index in [4.69, 9.17) is 28.8 Å². The lowest BCUT2D eigenvalue weighted by molar-refractivity contribution is -0.137. The fraction of sp³-hybridized carbons (Fsp3) is 0.507. The van der Waals surface area contributed by atoms with Gasteiger partial charge in [-0.25, -0.2) is 19.6 Å². The minimum absolute atomic E-state index is 0.00396. The van der Waals surface area contributed by atoms with E-state index < -0.39 is 178 Å². The molecule has 0 saturated carbocycles. The number of halogens is 2. The summed E-state index contributed by atoms with van der Waals surface area (Å²) in [4.78, 5) is 208. The fourth-order valence-corrected chi connectivity index (χ4v) is 15.2. The molecular weight excluding hydrogens is 1580 g/mol. The summed E-state index contributed by atoms with van der Waals surface area (Å²) in [5.74, 6) is -17.4. The van der Waals surface area contributed by atoms with Crippen LogP contribution in [0, 0.1) is 47.3 Å². The third-order valence-corrected chi connectivity index (χ3v) is 22.0. The standard InChI is InChI=1S/C73H90Br2N6O25P2/c1-5-55(103-34-10-32-76-58(83)12-6-8-14-60(85)86)65-54(69(91)81(73(65)95)48-22-18-46(75)19-23-48)41-56(62-42(2)66(88)78(70(62)92)47-20-16-45(74)17-21-47)104-35-11-33-77-59(84)13-7-9-15-61(87)106-52-30-26-50(27-31-52)80-68(90)53(64(72(80)94)44(4)102-36-38-107(96,97)98)40-57(105-37-39-108(99,100)101)63-43(3)67(89)79(71(63)93)49-24-28-51(82)29-25-49/h16-31,42-44,53-57,62-65,82H,5-15,32-41H2,1-4H3,(H,76,83)(H,77,84)(H,85,86)(H2,96,97,98)(H2,99,100,101). The van der Waals surface area contributed by atoms with Crippen LogP contribution in [-0.2, 0) is 85.6 Å². The van der Waals surface area contributed by atoms with E-state index in [2.05, 4.69) is 42.5 Å². The highest BCUT2D eigenvalue weighted by Gasteiger charge is 2.58. The van der Waals surface area contributed by atoms with Crippen molar-refractivity contribution in [3.8, 4) is 11.5 Å². The number of ether oxygens (including phenoxy) is 5. The van der Waals surface area contributed by atoms with Gasteiger partial charge in [0.05, 0.1) is 120 Å². The van der Waals surface area contributed by atoms with Gasteiger partial charge in [0.1, 0.15) is 11.5 Å². The number of anilines is 4. The van der Waals surface area contributed by atoms with Crippen LogP contribution in [-0.4, -0.2) is 177 Å². The van der Waals surface area contributed by atoms with E-state index in [9.17, 15) is 91.3 Å². The number of aromatic hydroxyl groups is 1. The van der Waals surface area contributed by atoms with Crippen LogP contribution in [0.3, 0.4) is 0 Å². The van der Waals surface area contributed by atoms with E-state index in [0.29, 0.717) is 39.6 Å². The van der Waals surface area contributed by atoms with Gasteiger partial charge in [-0.3, -0.25) is 66.7 Å². The number of amides is 10. The monoisotopic (exact) mass is 1670 g/mol. The predicted molar refractivity (Wildman–Crippen MR) is 396 cm³/mol. The summed E-state index contributed by atoms with van der Waals surface area (Å²) in [5, 5.41) is 24.4. The molecule has 4 heterocycles. The van der Waals surface area contributed by atoms with Crippen molar-refractivity contribution < 1.29 is 120 Å². The van der Waals surface area contributed by atoms with Crippen LogP contribution in [0.1, 0.15) is 111 Å². The zero-order chi connectivity index (χ0) is 78.9. The smallest absolute Gasteiger partial charge is 0.327 e. The van der Waals surface area contributed by atoms with Crippen molar-refractivity contribution in [2.24, 2.45) is 47.3 Å². The molecule has 0 spiro atoms. The number of aliphatic carboxylic acids is 1. The van der Waals surface area contributed by atoms with E-state index in [-0.39, 0.29) is 119 Å². The van der Waals surface area contributed by atoms with Gasteiger partial charge in [0.25, 0.3) is 0 Å².